The normalized spacial score (nSPS) is 11.4. The second-order valence-electron chi connectivity index (χ2n) is 4.53. The number of imidazole rings is 2. The van der Waals surface area contributed by atoms with E-state index < -0.39 is 0 Å². The molecule has 0 aromatic carbocycles. The van der Waals surface area contributed by atoms with Gasteiger partial charge in [0.1, 0.15) is 11.3 Å². The summed E-state index contributed by atoms with van der Waals surface area (Å²) in [6.45, 7) is 0. The average Bonchev–Trinajstić information content (AvgIpc) is 3.05. The molecule has 4 aromatic heterocycles. The zero-order valence-corrected chi connectivity index (χ0v) is 10.3. The highest BCUT2D eigenvalue weighted by Gasteiger charge is 2.07. The zero-order valence-electron chi connectivity index (χ0n) is 10.3. The predicted molar refractivity (Wildman–Crippen MR) is 73.2 cm³/mol. The van der Waals surface area contributed by atoms with Gasteiger partial charge in [0.25, 0.3) is 0 Å². The molecule has 4 nitrogen and oxygen atoms in total. The second kappa shape index (κ2) is 3.95. The van der Waals surface area contributed by atoms with Gasteiger partial charge < -0.3 is 8.80 Å². The minimum absolute atomic E-state index is 0.816. The molecule has 4 heterocycles. The van der Waals surface area contributed by atoms with Crippen LogP contribution in [0.3, 0.4) is 0 Å². The molecule has 0 bridgehead atoms. The molecule has 0 radical (unpaired) electrons. The van der Waals surface area contributed by atoms with E-state index >= 15 is 0 Å². The van der Waals surface area contributed by atoms with Gasteiger partial charge in [0.05, 0.1) is 0 Å². The molecule has 92 valence electrons. The van der Waals surface area contributed by atoms with Crippen molar-refractivity contribution in [1.29, 1.82) is 0 Å². The molecule has 0 fully saturated rings. The summed E-state index contributed by atoms with van der Waals surface area (Å²) in [6.07, 6.45) is 8.76. The third kappa shape index (κ3) is 1.61. The number of rotatable bonds is 2. The van der Waals surface area contributed by atoms with E-state index in [9.17, 15) is 0 Å². The van der Waals surface area contributed by atoms with Gasteiger partial charge in [-0.25, -0.2) is 9.97 Å². The number of hydrogen-bond donors (Lipinski definition) is 0. The third-order valence-corrected chi connectivity index (χ3v) is 3.35. The SMILES string of the molecule is c1ccn2c(Cc3cnc4ccccn34)cnc2c1. The Morgan fingerprint density at radius 1 is 0.737 bits per heavy atom. The first kappa shape index (κ1) is 10.3. The zero-order chi connectivity index (χ0) is 12.7. The van der Waals surface area contributed by atoms with E-state index in [4.69, 9.17) is 0 Å². The van der Waals surface area contributed by atoms with Gasteiger partial charge in [-0.2, -0.15) is 0 Å². The molecule has 0 amide bonds. The summed E-state index contributed by atoms with van der Waals surface area (Å²) in [5.41, 5.74) is 4.29. The summed E-state index contributed by atoms with van der Waals surface area (Å²) in [7, 11) is 0. The van der Waals surface area contributed by atoms with E-state index in [2.05, 4.69) is 18.8 Å². The first-order valence-corrected chi connectivity index (χ1v) is 6.24. The molecule has 0 N–H and O–H groups in total. The number of aromatic nitrogens is 4. The van der Waals surface area contributed by atoms with Gasteiger partial charge in [0, 0.05) is 42.6 Å². The lowest BCUT2D eigenvalue weighted by Gasteiger charge is -2.02. The number of fused-ring (bicyclic) bond motifs is 2. The van der Waals surface area contributed by atoms with Gasteiger partial charge in [0.2, 0.25) is 0 Å². The van der Waals surface area contributed by atoms with Crippen LogP contribution in [0.2, 0.25) is 0 Å². The molecule has 4 rings (SSSR count). The third-order valence-electron chi connectivity index (χ3n) is 3.35. The van der Waals surface area contributed by atoms with Crippen molar-refractivity contribution in [2.45, 2.75) is 6.42 Å². The minimum atomic E-state index is 0.816. The summed E-state index contributed by atoms with van der Waals surface area (Å²) in [5.74, 6) is 0. The average molecular weight is 248 g/mol. The lowest BCUT2D eigenvalue weighted by molar-refractivity contribution is 0.961. The van der Waals surface area contributed by atoms with Gasteiger partial charge in [0.15, 0.2) is 0 Å². The van der Waals surface area contributed by atoms with Crippen molar-refractivity contribution in [3.63, 3.8) is 0 Å². The minimum Gasteiger partial charge on any atom is -0.304 e. The molecule has 0 saturated heterocycles. The van der Waals surface area contributed by atoms with Crippen LogP contribution in [-0.4, -0.2) is 18.8 Å². The van der Waals surface area contributed by atoms with Crippen molar-refractivity contribution < 1.29 is 0 Å². The van der Waals surface area contributed by atoms with Gasteiger partial charge in [-0.3, -0.25) is 0 Å². The summed E-state index contributed by atoms with van der Waals surface area (Å²) >= 11 is 0. The van der Waals surface area contributed by atoms with E-state index in [1.54, 1.807) is 0 Å². The van der Waals surface area contributed by atoms with Crippen LogP contribution in [0.4, 0.5) is 0 Å². The smallest absolute Gasteiger partial charge is 0.136 e. The fourth-order valence-electron chi connectivity index (χ4n) is 2.42. The quantitative estimate of drug-likeness (QED) is 0.546. The van der Waals surface area contributed by atoms with Crippen molar-refractivity contribution in [3.8, 4) is 0 Å². The monoisotopic (exact) mass is 248 g/mol. The lowest BCUT2D eigenvalue weighted by Crippen LogP contribution is -1.97. The van der Waals surface area contributed by atoms with E-state index in [0.717, 1.165) is 17.7 Å². The number of pyridine rings is 2. The standard InChI is InChI=1S/C15H12N4/c1-3-7-18-12(10-16-14(18)5-1)9-13-11-17-15-6-2-4-8-19(13)15/h1-8,10-11H,9H2. The molecule has 0 aliphatic heterocycles. The van der Waals surface area contributed by atoms with E-state index in [1.165, 1.54) is 11.4 Å². The number of nitrogens with zero attached hydrogens (tertiary/aromatic N) is 4. The first-order valence-electron chi connectivity index (χ1n) is 6.24. The molecule has 4 heteroatoms. The lowest BCUT2D eigenvalue weighted by atomic mass is 10.2. The molecule has 0 aliphatic rings. The molecular weight excluding hydrogens is 236 g/mol. The largest absolute Gasteiger partial charge is 0.304 e. The highest BCUT2D eigenvalue weighted by Crippen LogP contribution is 2.13. The molecule has 0 aliphatic carbocycles. The summed E-state index contributed by atoms with van der Waals surface area (Å²) in [6, 6.07) is 12.1. The molecular formula is C15H12N4. The molecule has 0 unspecified atom stereocenters. The van der Waals surface area contributed by atoms with Gasteiger partial charge in [-0.15, -0.1) is 0 Å². The van der Waals surface area contributed by atoms with Crippen LogP contribution in [-0.2, 0) is 6.42 Å². The van der Waals surface area contributed by atoms with Crippen LogP contribution in [0, 0.1) is 0 Å². The van der Waals surface area contributed by atoms with Crippen LogP contribution in [0.5, 0.6) is 0 Å². The van der Waals surface area contributed by atoms with Gasteiger partial charge >= 0.3 is 0 Å². The van der Waals surface area contributed by atoms with Gasteiger partial charge in [-0.1, -0.05) is 12.1 Å². The Balaban J connectivity index is 1.82. The fraction of sp³-hybridized carbons (Fsp3) is 0.0667. The van der Waals surface area contributed by atoms with Crippen molar-refractivity contribution in [2.24, 2.45) is 0 Å². The van der Waals surface area contributed by atoms with Crippen LogP contribution in [0.25, 0.3) is 11.3 Å². The highest BCUT2D eigenvalue weighted by molar-refractivity contribution is 5.43. The van der Waals surface area contributed by atoms with Crippen LogP contribution in [0.1, 0.15) is 11.4 Å². The maximum atomic E-state index is 4.41. The Morgan fingerprint density at radius 2 is 1.26 bits per heavy atom. The maximum absolute atomic E-state index is 4.41. The molecule has 19 heavy (non-hydrogen) atoms. The first-order chi connectivity index (χ1) is 9.42. The molecule has 0 saturated carbocycles. The summed E-state index contributed by atoms with van der Waals surface area (Å²) in [4.78, 5) is 8.83. The van der Waals surface area contributed by atoms with Crippen molar-refractivity contribution in [1.82, 2.24) is 18.8 Å². The summed E-state index contributed by atoms with van der Waals surface area (Å²) < 4.78 is 4.23. The molecule has 0 atom stereocenters. The predicted octanol–water partition coefficient (Wildman–Crippen LogP) is 2.57. The Morgan fingerprint density at radius 3 is 1.79 bits per heavy atom. The van der Waals surface area contributed by atoms with Crippen LogP contribution in [0.15, 0.2) is 61.2 Å². The summed E-state index contributed by atoms with van der Waals surface area (Å²) in [5, 5.41) is 0. The fourth-order valence-corrected chi connectivity index (χ4v) is 2.42. The number of hydrogen-bond acceptors (Lipinski definition) is 2. The van der Waals surface area contributed by atoms with Crippen LogP contribution >= 0.6 is 0 Å². The molecule has 0 spiro atoms. The Hall–Kier alpha value is -2.62. The van der Waals surface area contributed by atoms with E-state index in [0.29, 0.717) is 0 Å². The van der Waals surface area contributed by atoms with Crippen molar-refractivity contribution in [2.75, 3.05) is 0 Å². The Labute approximate surface area is 110 Å². The van der Waals surface area contributed by atoms with Crippen molar-refractivity contribution >= 4 is 11.3 Å². The van der Waals surface area contributed by atoms with E-state index in [1.807, 2.05) is 61.2 Å². The van der Waals surface area contributed by atoms with Crippen molar-refractivity contribution in [3.05, 3.63) is 72.6 Å². The Bertz CT molecular complexity index is 784. The van der Waals surface area contributed by atoms with Gasteiger partial charge in [-0.05, 0) is 24.3 Å². The van der Waals surface area contributed by atoms with E-state index in [-0.39, 0.29) is 0 Å². The highest BCUT2D eigenvalue weighted by atomic mass is 15.0. The second-order valence-corrected chi connectivity index (χ2v) is 4.53. The topological polar surface area (TPSA) is 34.6 Å². The molecule has 4 aromatic rings. The maximum Gasteiger partial charge on any atom is 0.136 e. The van der Waals surface area contributed by atoms with Crippen LogP contribution < -0.4 is 0 Å². The Kier molecular flexibility index (Phi) is 2.14.